The van der Waals surface area contributed by atoms with Crippen LogP contribution in [-0.2, 0) is 13.1 Å². The van der Waals surface area contributed by atoms with Crippen LogP contribution in [0.4, 0.5) is 0 Å². The maximum absolute atomic E-state index is 4.45. The van der Waals surface area contributed by atoms with E-state index in [4.69, 9.17) is 0 Å². The van der Waals surface area contributed by atoms with E-state index in [1.165, 1.54) is 5.56 Å². The Bertz CT molecular complexity index is 439. The van der Waals surface area contributed by atoms with Crippen molar-refractivity contribution < 1.29 is 0 Å². The molecule has 0 aromatic carbocycles. The van der Waals surface area contributed by atoms with Crippen molar-refractivity contribution in [3.63, 3.8) is 0 Å². The molecule has 2 heterocycles. The molecule has 0 fully saturated rings. The lowest BCUT2D eigenvalue weighted by Gasteiger charge is -2.14. The van der Waals surface area contributed by atoms with Crippen LogP contribution in [0, 0.1) is 6.92 Å². The summed E-state index contributed by atoms with van der Waals surface area (Å²) in [7, 11) is 2.10. The van der Waals surface area contributed by atoms with Crippen molar-refractivity contribution in [2.75, 3.05) is 7.05 Å². The normalized spacial score (nSPS) is 10.9. The highest BCUT2D eigenvalue weighted by molar-refractivity contribution is 7.09. The Morgan fingerprint density at radius 2 is 2.25 bits per heavy atom. The minimum absolute atomic E-state index is 0.888. The van der Waals surface area contributed by atoms with Crippen LogP contribution in [0.25, 0.3) is 0 Å². The molecule has 0 atom stereocenters. The molecule has 2 aromatic rings. The van der Waals surface area contributed by atoms with Gasteiger partial charge >= 0.3 is 0 Å². The molecule has 0 bridgehead atoms. The average Bonchev–Trinajstić information content (AvgIpc) is 2.65. The summed E-state index contributed by atoms with van der Waals surface area (Å²) >= 11 is 1.70. The Morgan fingerprint density at radius 3 is 2.88 bits per heavy atom. The summed E-state index contributed by atoms with van der Waals surface area (Å²) in [4.78, 5) is 10.8. The van der Waals surface area contributed by atoms with Crippen LogP contribution in [0.2, 0.25) is 0 Å². The lowest BCUT2D eigenvalue weighted by molar-refractivity contribution is 0.315. The second-order valence-corrected chi connectivity index (χ2v) is 4.95. The van der Waals surface area contributed by atoms with Gasteiger partial charge in [0.2, 0.25) is 0 Å². The molecule has 2 rings (SSSR count). The lowest BCUT2D eigenvalue weighted by Crippen LogP contribution is -2.17. The van der Waals surface area contributed by atoms with E-state index in [0.29, 0.717) is 0 Å². The predicted octanol–water partition coefficient (Wildman–Crippen LogP) is 2.48. The second kappa shape index (κ2) is 5.18. The van der Waals surface area contributed by atoms with Crippen molar-refractivity contribution in [3.05, 3.63) is 46.2 Å². The van der Waals surface area contributed by atoms with Gasteiger partial charge in [0, 0.05) is 30.9 Å². The van der Waals surface area contributed by atoms with E-state index in [9.17, 15) is 0 Å². The summed E-state index contributed by atoms with van der Waals surface area (Å²) < 4.78 is 0. The molecule has 16 heavy (non-hydrogen) atoms. The van der Waals surface area contributed by atoms with Crippen molar-refractivity contribution in [2.45, 2.75) is 20.0 Å². The van der Waals surface area contributed by atoms with Gasteiger partial charge in [0.25, 0.3) is 0 Å². The van der Waals surface area contributed by atoms with Gasteiger partial charge in [0.15, 0.2) is 0 Å². The summed E-state index contributed by atoms with van der Waals surface area (Å²) in [5.41, 5.74) is 2.38. The summed E-state index contributed by atoms with van der Waals surface area (Å²) in [6, 6.07) is 4.06. The van der Waals surface area contributed by atoms with Crippen molar-refractivity contribution in [1.29, 1.82) is 0 Å². The number of nitrogens with zero attached hydrogens (tertiary/aromatic N) is 3. The molecule has 4 heteroatoms. The minimum Gasteiger partial charge on any atom is -0.296 e. The van der Waals surface area contributed by atoms with E-state index in [0.717, 1.165) is 23.8 Å². The highest BCUT2D eigenvalue weighted by Gasteiger charge is 2.04. The first-order valence-corrected chi connectivity index (χ1v) is 6.10. The van der Waals surface area contributed by atoms with Gasteiger partial charge in [-0.2, -0.15) is 0 Å². The number of rotatable bonds is 4. The van der Waals surface area contributed by atoms with Gasteiger partial charge < -0.3 is 0 Å². The maximum atomic E-state index is 4.45. The molecule has 0 unspecified atom stereocenters. The third-order valence-electron chi connectivity index (χ3n) is 2.27. The molecule has 3 nitrogen and oxygen atoms in total. The zero-order valence-electron chi connectivity index (χ0n) is 9.55. The van der Waals surface area contributed by atoms with Crippen molar-refractivity contribution in [3.8, 4) is 0 Å². The van der Waals surface area contributed by atoms with Crippen LogP contribution < -0.4 is 0 Å². The molecule has 0 amide bonds. The topological polar surface area (TPSA) is 29.0 Å². The van der Waals surface area contributed by atoms with Crippen LogP contribution in [-0.4, -0.2) is 21.9 Å². The number of pyridine rings is 1. The number of aromatic nitrogens is 2. The summed E-state index contributed by atoms with van der Waals surface area (Å²) in [5, 5.41) is 3.25. The van der Waals surface area contributed by atoms with E-state index in [1.807, 2.05) is 19.2 Å². The standard InChI is InChI=1S/C12H15N3S/c1-10-14-12(9-16-10)8-15(2)7-11-4-3-5-13-6-11/h3-6,9H,7-8H2,1-2H3. The van der Waals surface area contributed by atoms with Gasteiger partial charge in [-0.3, -0.25) is 9.88 Å². The fourth-order valence-electron chi connectivity index (χ4n) is 1.62. The molecule has 0 aliphatic carbocycles. The van der Waals surface area contributed by atoms with Crippen LogP contribution in [0.3, 0.4) is 0 Å². The number of thiazole rings is 1. The Morgan fingerprint density at radius 1 is 1.38 bits per heavy atom. The summed E-state index contributed by atoms with van der Waals surface area (Å²) in [6.07, 6.45) is 3.70. The Balaban J connectivity index is 1.92. The van der Waals surface area contributed by atoms with Gasteiger partial charge in [-0.15, -0.1) is 11.3 Å². The van der Waals surface area contributed by atoms with Gasteiger partial charge in [0.05, 0.1) is 10.7 Å². The SMILES string of the molecule is Cc1nc(CN(C)Cc2cccnc2)cs1. The van der Waals surface area contributed by atoms with E-state index in [-0.39, 0.29) is 0 Å². The fourth-order valence-corrected chi connectivity index (χ4v) is 2.22. The molecule has 0 aliphatic rings. The van der Waals surface area contributed by atoms with Gasteiger partial charge in [-0.1, -0.05) is 6.07 Å². The third-order valence-corrected chi connectivity index (χ3v) is 3.10. The van der Waals surface area contributed by atoms with E-state index < -0.39 is 0 Å². The summed E-state index contributed by atoms with van der Waals surface area (Å²) in [5.74, 6) is 0. The van der Waals surface area contributed by atoms with Crippen molar-refractivity contribution >= 4 is 11.3 Å². The van der Waals surface area contributed by atoms with E-state index in [1.54, 1.807) is 17.5 Å². The zero-order chi connectivity index (χ0) is 11.4. The molecule has 0 aliphatic heterocycles. The first-order valence-electron chi connectivity index (χ1n) is 5.22. The largest absolute Gasteiger partial charge is 0.296 e. The Hall–Kier alpha value is -1.26. The Labute approximate surface area is 99.8 Å². The molecule has 0 saturated carbocycles. The summed E-state index contributed by atoms with van der Waals surface area (Å²) in [6.45, 7) is 3.83. The zero-order valence-corrected chi connectivity index (χ0v) is 10.4. The first-order chi connectivity index (χ1) is 7.74. The molecule has 0 N–H and O–H groups in total. The minimum atomic E-state index is 0.888. The highest BCUT2D eigenvalue weighted by Crippen LogP contribution is 2.11. The first kappa shape index (κ1) is 11.2. The smallest absolute Gasteiger partial charge is 0.0897 e. The van der Waals surface area contributed by atoms with Crippen LogP contribution >= 0.6 is 11.3 Å². The van der Waals surface area contributed by atoms with Crippen molar-refractivity contribution in [2.24, 2.45) is 0 Å². The van der Waals surface area contributed by atoms with Crippen LogP contribution in [0.15, 0.2) is 29.9 Å². The quantitative estimate of drug-likeness (QED) is 0.812. The van der Waals surface area contributed by atoms with E-state index in [2.05, 4.69) is 33.4 Å². The average molecular weight is 233 g/mol. The van der Waals surface area contributed by atoms with Gasteiger partial charge in [-0.05, 0) is 25.6 Å². The van der Waals surface area contributed by atoms with Crippen molar-refractivity contribution in [1.82, 2.24) is 14.9 Å². The fraction of sp³-hybridized carbons (Fsp3) is 0.333. The molecule has 0 saturated heterocycles. The molecule has 0 spiro atoms. The molecule has 0 radical (unpaired) electrons. The molecular formula is C12H15N3S. The van der Waals surface area contributed by atoms with Gasteiger partial charge in [-0.25, -0.2) is 4.98 Å². The van der Waals surface area contributed by atoms with Crippen LogP contribution in [0.5, 0.6) is 0 Å². The monoisotopic (exact) mass is 233 g/mol. The highest BCUT2D eigenvalue weighted by atomic mass is 32.1. The third kappa shape index (κ3) is 3.12. The molecular weight excluding hydrogens is 218 g/mol. The predicted molar refractivity (Wildman–Crippen MR) is 66.3 cm³/mol. The lowest BCUT2D eigenvalue weighted by atomic mass is 10.2. The van der Waals surface area contributed by atoms with Crippen LogP contribution in [0.1, 0.15) is 16.3 Å². The Kier molecular flexibility index (Phi) is 3.64. The molecule has 2 aromatic heterocycles. The maximum Gasteiger partial charge on any atom is 0.0897 e. The molecule has 84 valence electrons. The van der Waals surface area contributed by atoms with E-state index >= 15 is 0 Å². The second-order valence-electron chi connectivity index (χ2n) is 3.89. The number of hydrogen-bond donors (Lipinski definition) is 0. The van der Waals surface area contributed by atoms with Gasteiger partial charge in [0.1, 0.15) is 0 Å². The number of aryl methyl sites for hydroxylation is 1. The number of hydrogen-bond acceptors (Lipinski definition) is 4.